The maximum atomic E-state index is 15.2. The molecule has 1 aliphatic heterocycles. The van der Waals surface area contributed by atoms with Crippen molar-refractivity contribution in [3.05, 3.63) is 65.0 Å². The zero-order valence-electron chi connectivity index (χ0n) is 13.9. The summed E-state index contributed by atoms with van der Waals surface area (Å²) in [4.78, 5) is 15.3. The Morgan fingerprint density at radius 3 is 2.73 bits per heavy atom. The molecule has 4 nitrogen and oxygen atoms in total. The molecule has 0 saturated carbocycles. The van der Waals surface area contributed by atoms with E-state index in [1.807, 2.05) is 6.07 Å². The van der Waals surface area contributed by atoms with E-state index in [0.717, 1.165) is 10.4 Å². The van der Waals surface area contributed by atoms with Gasteiger partial charge in [0, 0.05) is 53.5 Å². The number of nitrogens with one attached hydrogen (secondary N) is 1. The van der Waals surface area contributed by atoms with Crippen LogP contribution in [0.2, 0.25) is 0 Å². The zero-order chi connectivity index (χ0) is 18.1. The molecule has 0 atom stereocenters. The molecule has 3 aromatic rings. The molecule has 26 heavy (non-hydrogen) atoms. The molecular weight excluding hydrogens is 356 g/mol. The molecule has 3 heterocycles. The van der Waals surface area contributed by atoms with Crippen molar-refractivity contribution in [1.29, 1.82) is 0 Å². The number of aromatic nitrogens is 2. The Morgan fingerprint density at radius 1 is 1.27 bits per heavy atom. The van der Waals surface area contributed by atoms with Crippen molar-refractivity contribution in [3.63, 3.8) is 0 Å². The minimum absolute atomic E-state index is 0.0878. The molecule has 0 aliphatic carbocycles. The number of halogens is 2. The quantitative estimate of drug-likeness (QED) is 0.741. The summed E-state index contributed by atoms with van der Waals surface area (Å²) in [6, 6.07) is 7.78. The number of hydrogen-bond acceptors (Lipinski definition) is 3. The summed E-state index contributed by atoms with van der Waals surface area (Å²) < 4.78 is 29.2. The Balaban J connectivity index is 1.46. The number of aromatic amines is 1. The highest BCUT2D eigenvalue weighted by molar-refractivity contribution is 7.13. The maximum Gasteiger partial charge on any atom is 0.254 e. The van der Waals surface area contributed by atoms with Crippen LogP contribution in [0, 0.1) is 5.82 Å². The average molecular weight is 373 g/mol. The maximum absolute atomic E-state index is 15.2. The van der Waals surface area contributed by atoms with Gasteiger partial charge in [0.2, 0.25) is 0 Å². The van der Waals surface area contributed by atoms with Crippen LogP contribution in [0.25, 0.3) is 10.4 Å². The molecule has 0 unspecified atom stereocenters. The summed E-state index contributed by atoms with van der Waals surface area (Å²) in [5, 5.41) is 8.46. The van der Waals surface area contributed by atoms with Gasteiger partial charge in [-0.2, -0.15) is 5.10 Å². The number of alkyl halides is 1. The lowest BCUT2D eigenvalue weighted by Crippen LogP contribution is -2.43. The van der Waals surface area contributed by atoms with Crippen LogP contribution in [0.5, 0.6) is 0 Å². The molecule has 7 heteroatoms. The highest BCUT2D eigenvalue weighted by atomic mass is 32.1. The van der Waals surface area contributed by atoms with E-state index < -0.39 is 11.5 Å². The third kappa shape index (κ3) is 3.03. The number of piperidine rings is 1. The van der Waals surface area contributed by atoms with Gasteiger partial charge in [0.25, 0.3) is 5.91 Å². The van der Waals surface area contributed by atoms with Crippen LogP contribution in [0.4, 0.5) is 8.78 Å². The van der Waals surface area contributed by atoms with E-state index >= 15 is 4.39 Å². The van der Waals surface area contributed by atoms with E-state index in [9.17, 15) is 9.18 Å². The number of amides is 1. The Morgan fingerprint density at radius 2 is 2.04 bits per heavy atom. The van der Waals surface area contributed by atoms with Crippen molar-refractivity contribution in [2.45, 2.75) is 18.5 Å². The van der Waals surface area contributed by atoms with Crippen LogP contribution < -0.4 is 0 Å². The number of H-pyrrole nitrogens is 1. The van der Waals surface area contributed by atoms with Crippen molar-refractivity contribution < 1.29 is 13.6 Å². The number of carbonyl (C=O) groups is 1. The monoisotopic (exact) mass is 373 g/mol. The lowest BCUT2D eigenvalue weighted by molar-refractivity contribution is 0.0407. The fraction of sp³-hybridized carbons (Fsp3) is 0.263. The molecule has 1 amide bonds. The first-order valence-electron chi connectivity index (χ1n) is 8.38. The Kier molecular flexibility index (Phi) is 4.32. The third-order valence-electron chi connectivity index (χ3n) is 4.83. The summed E-state index contributed by atoms with van der Waals surface area (Å²) in [6.07, 6.45) is 3.66. The van der Waals surface area contributed by atoms with E-state index in [2.05, 4.69) is 10.2 Å². The molecule has 134 valence electrons. The first kappa shape index (κ1) is 16.9. The molecule has 1 saturated heterocycles. The topological polar surface area (TPSA) is 49.0 Å². The van der Waals surface area contributed by atoms with Gasteiger partial charge in [0.1, 0.15) is 11.5 Å². The summed E-state index contributed by atoms with van der Waals surface area (Å²) in [5.41, 5.74) is -0.123. The zero-order valence-corrected chi connectivity index (χ0v) is 14.7. The second-order valence-corrected chi connectivity index (χ2v) is 7.34. The van der Waals surface area contributed by atoms with Crippen LogP contribution in [0.3, 0.4) is 0 Å². The molecule has 4 rings (SSSR count). The van der Waals surface area contributed by atoms with Crippen LogP contribution in [-0.2, 0) is 5.67 Å². The van der Waals surface area contributed by atoms with Crippen molar-refractivity contribution in [2.75, 3.05) is 13.1 Å². The van der Waals surface area contributed by atoms with Gasteiger partial charge in [-0.15, -0.1) is 11.3 Å². The average Bonchev–Trinajstić information content (AvgIpc) is 3.33. The molecule has 0 spiro atoms. The number of carbonyl (C=O) groups excluding carboxylic acids is 1. The first-order chi connectivity index (χ1) is 12.6. The SMILES string of the molecule is O=C(c1csc(-c2cn[nH]c2)c1)N1CCC(F)(c2ccccc2F)CC1. The van der Waals surface area contributed by atoms with E-state index in [1.54, 1.807) is 34.8 Å². The number of thiophene rings is 1. The molecule has 0 bridgehead atoms. The number of rotatable bonds is 3. The molecule has 0 radical (unpaired) electrons. The van der Waals surface area contributed by atoms with Crippen molar-refractivity contribution in [3.8, 4) is 10.4 Å². The van der Waals surface area contributed by atoms with Gasteiger partial charge in [-0.3, -0.25) is 9.89 Å². The fourth-order valence-electron chi connectivity index (χ4n) is 3.33. The van der Waals surface area contributed by atoms with Gasteiger partial charge in [-0.25, -0.2) is 8.78 Å². The number of benzene rings is 1. The molecule has 1 aliphatic rings. The predicted molar refractivity (Wildman–Crippen MR) is 96.2 cm³/mol. The van der Waals surface area contributed by atoms with Crippen molar-refractivity contribution in [2.24, 2.45) is 0 Å². The summed E-state index contributed by atoms with van der Waals surface area (Å²) >= 11 is 1.47. The van der Waals surface area contributed by atoms with Crippen LogP contribution in [-0.4, -0.2) is 34.1 Å². The molecule has 2 aromatic heterocycles. The van der Waals surface area contributed by atoms with E-state index in [4.69, 9.17) is 0 Å². The second kappa shape index (κ2) is 6.64. The summed E-state index contributed by atoms with van der Waals surface area (Å²) in [5.74, 6) is -0.649. The normalized spacial score (nSPS) is 16.6. The van der Waals surface area contributed by atoms with Crippen LogP contribution in [0.1, 0.15) is 28.8 Å². The molecule has 1 N–H and O–H groups in total. The van der Waals surface area contributed by atoms with E-state index in [1.165, 1.54) is 23.5 Å². The largest absolute Gasteiger partial charge is 0.338 e. The molecule has 1 aromatic carbocycles. The first-order valence-corrected chi connectivity index (χ1v) is 9.26. The van der Waals surface area contributed by atoms with Gasteiger partial charge in [0.05, 0.1) is 11.8 Å². The minimum atomic E-state index is -1.72. The lowest BCUT2D eigenvalue weighted by Gasteiger charge is -2.36. The standard InChI is InChI=1S/C19H17F2N3OS/c20-16-4-2-1-3-15(16)19(21)5-7-24(8-6-19)18(25)13-9-17(26-12-13)14-10-22-23-11-14/h1-4,9-12H,5-8H2,(H,22,23). The second-order valence-electron chi connectivity index (χ2n) is 6.42. The van der Waals surface area contributed by atoms with E-state index in [0.29, 0.717) is 5.56 Å². The Bertz CT molecular complexity index is 915. The summed E-state index contributed by atoms with van der Waals surface area (Å²) in [7, 11) is 0. The van der Waals surface area contributed by atoms with Crippen molar-refractivity contribution in [1.82, 2.24) is 15.1 Å². The van der Waals surface area contributed by atoms with Gasteiger partial charge in [-0.1, -0.05) is 18.2 Å². The number of hydrogen-bond donors (Lipinski definition) is 1. The predicted octanol–water partition coefficient (Wildman–Crippen LogP) is 4.38. The van der Waals surface area contributed by atoms with Gasteiger partial charge >= 0.3 is 0 Å². The third-order valence-corrected chi connectivity index (χ3v) is 5.81. The highest BCUT2D eigenvalue weighted by Crippen LogP contribution is 2.38. The minimum Gasteiger partial charge on any atom is -0.338 e. The lowest BCUT2D eigenvalue weighted by atomic mass is 9.85. The van der Waals surface area contributed by atoms with Crippen molar-refractivity contribution >= 4 is 17.2 Å². The smallest absolute Gasteiger partial charge is 0.254 e. The van der Waals surface area contributed by atoms with E-state index in [-0.39, 0.29) is 37.4 Å². The Labute approximate surface area is 153 Å². The molecule has 1 fully saturated rings. The number of likely N-dealkylation sites (tertiary alicyclic amines) is 1. The Hall–Kier alpha value is -2.54. The van der Waals surface area contributed by atoms with Gasteiger partial charge < -0.3 is 4.90 Å². The number of nitrogens with zero attached hydrogens (tertiary/aromatic N) is 2. The summed E-state index contributed by atoms with van der Waals surface area (Å²) in [6.45, 7) is 0.529. The van der Waals surface area contributed by atoms with Gasteiger partial charge in [0.15, 0.2) is 0 Å². The van der Waals surface area contributed by atoms with Crippen LogP contribution >= 0.6 is 11.3 Å². The highest BCUT2D eigenvalue weighted by Gasteiger charge is 2.39. The molecular formula is C19H17F2N3OS. The van der Waals surface area contributed by atoms with Crippen LogP contribution in [0.15, 0.2) is 48.1 Å². The fourth-order valence-corrected chi connectivity index (χ4v) is 4.19. The van der Waals surface area contributed by atoms with Gasteiger partial charge in [-0.05, 0) is 12.1 Å².